The summed E-state index contributed by atoms with van der Waals surface area (Å²) < 4.78 is 26.7. The molecule has 0 bridgehead atoms. The first-order chi connectivity index (χ1) is 10.6. The van der Waals surface area contributed by atoms with Crippen molar-refractivity contribution < 1.29 is 18.7 Å². The van der Waals surface area contributed by atoms with Crippen molar-refractivity contribution in [1.82, 2.24) is 5.32 Å². The van der Waals surface area contributed by atoms with Crippen molar-refractivity contribution in [3.05, 3.63) is 71.3 Å². The molecule has 0 aliphatic carbocycles. The fraction of sp³-hybridized carbons (Fsp3) is 0.235. The second kappa shape index (κ2) is 7.66. The van der Waals surface area contributed by atoms with Crippen molar-refractivity contribution in [3.63, 3.8) is 0 Å². The molecule has 1 amide bonds. The summed E-state index contributed by atoms with van der Waals surface area (Å²) in [7, 11) is 0. The maximum absolute atomic E-state index is 13.6. The normalized spacial score (nSPS) is 12.0. The zero-order chi connectivity index (χ0) is 15.9. The minimum atomic E-state index is -1.15. The highest BCUT2D eigenvalue weighted by Gasteiger charge is 2.17. The van der Waals surface area contributed by atoms with Gasteiger partial charge in [0.2, 0.25) is 0 Å². The van der Waals surface area contributed by atoms with Gasteiger partial charge in [0.15, 0.2) is 11.6 Å². The zero-order valence-corrected chi connectivity index (χ0v) is 11.9. The second-order valence-electron chi connectivity index (χ2n) is 4.93. The maximum Gasteiger partial charge on any atom is 0.254 e. The molecule has 116 valence electrons. The van der Waals surface area contributed by atoms with E-state index in [4.69, 9.17) is 5.11 Å². The van der Waals surface area contributed by atoms with Crippen LogP contribution in [0.4, 0.5) is 8.78 Å². The lowest BCUT2D eigenvalue weighted by Gasteiger charge is -2.17. The van der Waals surface area contributed by atoms with Gasteiger partial charge in [0.25, 0.3) is 5.91 Å². The third-order valence-corrected chi connectivity index (χ3v) is 3.45. The van der Waals surface area contributed by atoms with Crippen molar-refractivity contribution in [3.8, 4) is 0 Å². The van der Waals surface area contributed by atoms with Crippen LogP contribution < -0.4 is 5.32 Å². The maximum atomic E-state index is 13.6. The first kappa shape index (κ1) is 16.1. The van der Waals surface area contributed by atoms with Crippen molar-refractivity contribution in [2.75, 3.05) is 13.2 Å². The van der Waals surface area contributed by atoms with Gasteiger partial charge >= 0.3 is 0 Å². The topological polar surface area (TPSA) is 49.3 Å². The van der Waals surface area contributed by atoms with Gasteiger partial charge in [-0.05, 0) is 24.1 Å². The Morgan fingerprint density at radius 3 is 2.50 bits per heavy atom. The molecule has 0 aromatic heterocycles. The fourth-order valence-corrected chi connectivity index (χ4v) is 2.26. The number of aliphatic hydroxyl groups excluding tert-OH is 1. The average Bonchev–Trinajstić information content (AvgIpc) is 2.54. The summed E-state index contributed by atoms with van der Waals surface area (Å²) in [6, 6.07) is 12.9. The lowest BCUT2D eigenvalue weighted by molar-refractivity contribution is 0.0944. The quantitative estimate of drug-likeness (QED) is 0.862. The molecule has 2 rings (SSSR count). The molecule has 1 atom stereocenters. The number of aliphatic hydroxyl groups is 1. The molecule has 0 saturated heterocycles. The van der Waals surface area contributed by atoms with Gasteiger partial charge in [0, 0.05) is 19.1 Å². The zero-order valence-electron chi connectivity index (χ0n) is 11.9. The van der Waals surface area contributed by atoms with Gasteiger partial charge < -0.3 is 10.4 Å². The van der Waals surface area contributed by atoms with Gasteiger partial charge in [-0.25, -0.2) is 8.78 Å². The van der Waals surface area contributed by atoms with E-state index in [1.165, 1.54) is 12.1 Å². The Morgan fingerprint density at radius 2 is 1.82 bits per heavy atom. The number of nitrogens with one attached hydrogen (secondary N) is 1. The van der Waals surface area contributed by atoms with E-state index in [-0.39, 0.29) is 24.6 Å². The minimum Gasteiger partial charge on any atom is -0.396 e. The molecule has 0 aliphatic heterocycles. The third-order valence-electron chi connectivity index (χ3n) is 3.45. The van der Waals surface area contributed by atoms with E-state index in [0.717, 1.165) is 11.6 Å². The van der Waals surface area contributed by atoms with Crippen LogP contribution >= 0.6 is 0 Å². The standard InChI is InChI=1S/C17H17F2NO2/c18-15-8-4-7-14(16(15)19)17(22)20-11-13(9-10-21)12-5-2-1-3-6-12/h1-8,13,21H,9-11H2,(H,20,22). The average molecular weight is 305 g/mol. The molecule has 0 radical (unpaired) electrons. The van der Waals surface area contributed by atoms with Crippen LogP contribution in [0.5, 0.6) is 0 Å². The van der Waals surface area contributed by atoms with Gasteiger partial charge in [-0.3, -0.25) is 4.79 Å². The monoisotopic (exact) mass is 305 g/mol. The van der Waals surface area contributed by atoms with E-state index < -0.39 is 17.5 Å². The Morgan fingerprint density at radius 1 is 1.09 bits per heavy atom. The summed E-state index contributed by atoms with van der Waals surface area (Å²) in [4.78, 5) is 12.0. The number of amides is 1. The molecule has 1 unspecified atom stereocenters. The van der Waals surface area contributed by atoms with E-state index in [0.29, 0.717) is 6.42 Å². The number of rotatable bonds is 6. The summed E-state index contributed by atoms with van der Waals surface area (Å²) >= 11 is 0. The molecule has 0 fully saturated rings. The van der Waals surface area contributed by atoms with Gasteiger partial charge in [-0.2, -0.15) is 0 Å². The van der Waals surface area contributed by atoms with E-state index in [2.05, 4.69) is 5.32 Å². The molecule has 0 heterocycles. The molecule has 0 saturated carbocycles. The van der Waals surface area contributed by atoms with Crippen LogP contribution in [0.1, 0.15) is 28.3 Å². The Bertz CT molecular complexity index is 632. The van der Waals surface area contributed by atoms with Crippen LogP contribution in [-0.4, -0.2) is 24.2 Å². The van der Waals surface area contributed by atoms with E-state index in [1.54, 1.807) is 0 Å². The molecule has 2 aromatic rings. The number of halogens is 2. The van der Waals surface area contributed by atoms with E-state index in [1.807, 2.05) is 30.3 Å². The molecule has 2 aromatic carbocycles. The van der Waals surface area contributed by atoms with Crippen molar-refractivity contribution in [2.45, 2.75) is 12.3 Å². The van der Waals surface area contributed by atoms with Gasteiger partial charge in [-0.15, -0.1) is 0 Å². The van der Waals surface area contributed by atoms with Crippen LogP contribution in [0.2, 0.25) is 0 Å². The number of hydrogen-bond donors (Lipinski definition) is 2. The minimum absolute atomic E-state index is 0.0240. The summed E-state index contributed by atoms with van der Waals surface area (Å²) in [5.41, 5.74) is 0.646. The molecule has 0 spiro atoms. The Hall–Kier alpha value is -2.27. The first-order valence-corrected chi connectivity index (χ1v) is 7.01. The number of carbonyl (C=O) groups is 1. The lowest BCUT2D eigenvalue weighted by atomic mass is 9.96. The van der Waals surface area contributed by atoms with Crippen LogP contribution in [0, 0.1) is 11.6 Å². The SMILES string of the molecule is O=C(NCC(CCO)c1ccccc1)c1cccc(F)c1F. The summed E-state index contributed by atoms with van der Waals surface area (Å²) in [5.74, 6) is -2.97. The van der Waals surface area contributed by atoms with Crippen LogP contribution in [0.25, 0.3) is 0 Å². The molecule has 3 nitrogen and oxygen atoms in total. The van der Waals surface area contributed by atoms with Gasteiger partial charge in [-0.1, -0.05) is 36.4 Å². The highest BCUT2D eigenvalue weighted by atomic mass is 19.2. The summed E-state index contributed by atoms with van der Waals surface area (Å²) in [6.07, 6.45) is 0.468. The molecule has 2 N–H and O–H groups in total. The highest BCUT2D eigenvalue weighted by Crippen LogP contribution is 2.18. The Balaban J connectivity index is 2.06. The van der Waals surface area contributed by atoms with E-state index in [9.17, 15) is 13.6 Å². The smallest absolute Gasteiger partial charge is 0.254 e. The highest BCUT2D eigenvalue weighted by molar-refractivity contribution is 5.94. The number of benzene rings is 2. The lowest BCUT2D eigenvalue weighted by Crippen LogP contribution is -2.29. The first-order valence-electron chi connectivity index (χ1n) is 7.01. The van der Waals surface area contributed by atoms with Crippen LogP contribution in [0.3, 0.4) is 0 Å². The molecule has 0 aliphatic rings. The largest absolute Gasteiger partial charge is 0.396 e. The molecule has 22 heavy (non-hydrogen) atoms. The predicted molar refractivity (Wildman–Crippen MR) is 79.6 cm³/mol. The molecular formula is C17H17F2NO2. The second-order valence-corrected chi connectivity index (χ2v) is 4.93. The number of carbonyl (C=O) groups excluding carboxylic acids is 1. The summed E-state index contributed by atoms with van der Waals surface area (Å²) in [5, 5.41) is 11.7. The fourth-order valence-electron chi connectivity index (χ4n) is 2.26. The predicted octanol–water partition coefficient (Wildman–Crippen LogP) is 2.86. The Kier molecular flexibility index (Phi) is 5.61. The molecule has 5 heteroatoms. The van der Waals surface area contributed by atoms with Gasteiger partial charge in [0.05, 0.1) is 5.56 Å². The summed E-state index contributed by atoms with van der Waals surface area (Å²) in [6.45, 7) is 0.211. The van der Waals surface area contributed by atoms with Crippen LogP contribution in [0.15, 0.2) is 48.5 Å². The van der Waals surface area contributed by atoms with Crippen LogP contribution in [-0.2, 0) is 0 Å². The van der Waals surface area contributed by atoms with Crippen molar-refractivity contribution in [1.29, 1.82) is 0 Å². The van der Waals surface area contributed by atoms with Crippen molar-refractivity contribution >= 4 is 5.91 Å². The number of hydrogen-bond acceptors (Lipinski definition) is 2. The molecular weight excluding hydrogens is 288 g/mol. The third kappa shape index (κ3) is 3.89. The van der Waals surface area contributed by atoms with Crippen molar-refractivity contribution in [2.24, 2.45) is 0 Å². The van der Waals surface area contributed by atoms with E-state index >= 15 is 0 Å². The Labute approximate surface area is 127 Å². The van der Waals surface area contributed by atoms with Gasteiger partial charge in [0.1, 0.15) is 0 Å².